The molecule has 0 unspecified atom stereocenters. The maximum Gasteiger partial charge on any atom is 0.140 e. The summed E-state index contributed by atoms with van der Waals surface area (Å²) >= 11 is 1.74. The molecule has 2 aromatic rings. The Bertz CT molecular complexity index is 522. The van der Waals surface area contributed by atoms with E-state index in [2.05, 4.69) is 23.6 Å². The second-order valence-corrected chi connectivity index (χ2v) is 5.44. The van der Waals surface area contributed by atoms with Crippen LogP contribution in [0.5, 0.6) is 0 Å². The van der Waals surface area contributed by atoms with Crippen molar-refractivity contribution in [2.75, 3.05) is 0 Å². The fraction of sp³-hybridized carbons (Fsp3) is 0.357. The largest absolute Gasteiger partial charge is 0.299 e. The highest BCUT2D eigenvalue weighted by molar-refractivity contribution is 7.17. The Morgan fingerprint density at radius 3 is 2.88 bits per heavy atom. The first-order valence-electron chi connectivity index (χ1n) is 5.82. The lowest BCUT2D eigenvalue weighted by molar-refractivity contribution is -0.124. The lowest BCUT2D eigenvalue weighted by Gasteiger charge is -2.23. The predicted octanol–water partition coefficient (Wildman–Crippen LogP) is 3.81. The van der Waals surface area contributed by atoms with Crippen LogP contribution in [0, 0.1) is 5.92 Å². The minimum Gasteiger partial charge on any atom is -0.299 e. The summed E-state index contributed by atoms with van der Waals surface area (Å²) in [6, 6.07) is 8.34. The smallest absolute Gasteiger partial charge is 0.140 e. The van der Waals surface area contributed by atoms with E-state index in [0.717, 1.165) is 12.8 Å². The van der Waals surface area contributed by atoms with E-state index in [1.807, 2.05) is 6.07 Å². The van der Waals surface area contributed by atoms with Gasteiger partial charge in [-0.15, -0.1) is 11.3 Å². The summed E-state index contributed by atoms with van der Waals surface area (Å²) in [5.41, 5.74) is 1.22. The molecule has 0 bridgehead atoms. The third-order valence-electron chi connectivity index (χ3n) is 3.49. The van der Waals surface area contributed by atoms with E-state index in [9.17, 15) is 4.79 Å². The minimum absolute atomic E-state index is 0.360. The van der Waals surface area contributed by atoms with E-state index in [1.54, 1.807) is 11.3 Å². The van der Waals surface area contributed by atoms with Crippen molar-refractivity contribution in [3.63, 3.8) is 0 Å². The summed E-state index contributed by atoms with van der Waals surface area (Å²) < 4.78 is 1.29. The van der Waals surface area contributed by atoms with Gasteiger partial charge in [0.15, 0.2) is 0 Å². The third kappa shape index (κ3) is 1.67. The molecule has 82 valence electrons. The highest BCUT2D eigenvalue weighted by atomic mass is 32.1. The van der Waals surface area contributed by atoms with Gasteiger partial charge < -0.3 is 0 Å². The number of hydrogen-bond acceptors (Lipinski definition) is 2. The molecule has 2 heteroatoms. The molecule has 1 aromatic heterocycles. The summed E-state index contributed by atoms with van der Waals surface area (Å²) in [6.45, 7) is 0. The number of benzene rings is 1. The first kappa shape index (κ1) is 10.0. The van der Waals surface area contributed by atoms with Gasteiger partial charge in [0.25, 0.3) is 0 Å². The van der Waals surface area contributed by atoms with Crippen molar-refractivity contribution in [2.45, 2.75) is 25.7 Å². The molecule has 1 aliphatic carbocycles. The zero-order chi connectivity index (χ0) is 11.0. The first-order valence-corrected chi connectivity index (χ1v) is 6.70. The molecular weight excluding hydrogens is 216 g/mol. The lowest BCUT2D eigenvalue weighted by atomic mass is 9.80. The Kier molecular flexibility index (Phi) is 2.52. The number of rotatable bonds is 3. The van der Waals surface area contributed by atoms with Crippen molar-refractivity contribution in [3.8, 4) is 0 Å². The average molecular weight is 230 g/mol. The van der Waals surface area contributed by atoms with Crippen molar-refractivity contribution in [1.29, 1.82) is 0 Å². The molecule has 0 atom stereocenters. The summed E-state index contributed by atoms with van der Waals surface area (Å²) in [4.78, 5) is 11.9. The van der Waals surface area contributed by atoms with Crippen LogP contribution < -0.4 is 0 Å². The first-order chi connectivity index (χ1) is 7.84. The number of carbonyl (C=O) groups is 1. The molecule has 0 amide bonds. The van der Waals surface area contributed by atoms with Crippen molar-refractivity contribution in [1.82, 2.24) is 0 Å². The molecule has 1 aliphatic rings. The molecule has 0 saturated heterocycles. The van der Waals surface area contributed by atoms with Crippen molar-refractivity contribution in [2.24, 2.45) is 5.92 Å². The number of fused-ring (bicyclic) bond motifs is 1. The SMILES string of the molecule is O=C(Cc1csc2ccccc12)C1CCC1. The topological polar surface area (TPSA) is 17.1 Å². The molecule has 0 radical (unpaired) electrons. The van der Waals surface area contributed by atoms with Gasteiger partial charge in [0.05, 0.1) is 0 Å². The summed E-state index contributed by atoms with van der Waals surface area (Å²) in [7, 11) is 0. The van der Waals surface area contributed by atoms with Crippen LogP contribution in [-0.2, 0) is 11.2 Å². The van der Waals surface area contributed by atoms with Gasteiger partial charge in [0.1, 0.15) is 5.78 Å². The number of thiophene rings is 1. The number of carbonyl (C=O) groups excluding carboxylic acids is 1. The molecule has 1 fully saturated rings. The van der Waals surface area contributed by atoms with Crippen LogP contribution in [-0.4, -0.2) is 5.78 Å². The van der Waals surface area contributed by atoms with Gasteiger partial charge in [-0.3, -0.25) is 4.79 Å². The van der Waals surface area contributed by atoms with E-state index in [-0.39, 0.29) is 0 Å². The van der Waals surface area contributed by atoms with E-state index < -0.39 is 0 Å². The molecule has 0 spiro atoms. The predicted molar refractivity (Wildman–Crippen MR) is 67.9 cm³/mol. The molecule has 0 N–H and O–H groups in total. The van der Waals surface area contributed by atoms with E-state index in [0.29, 0.717) is 18.1 Å². The van der Waals surface area contributed by atoms with Crippen LogP contribution in [0.15, 0.2) is 29.6 Å². The molecule has 1 nitrogen and oxygen atoms in total. The Hall–Kier alpha value is -1.15. The van der Waals surface area contributed by atoms with Gasteiger partial charge in [-0.1, -0.05) is 24.6 Å². The zero-order valence-electron chi connectivity index (χ0n) is 9.11. The van der Waals surface area contributed by atoms with Gasteiger partial charge in [-0.05, 0) is 35.2 Å². The van der Waals surface area contributed by atoms with Crippen LogP contribution in [0.4, 0.5) is 0 Å². The van der Waals surface area contributed by atoms with Crippen LogP contribution in [0.25, 0.3) is 10.1 Å². The van der Waals surface area contributed by atoms with Gasteiger partial charge >= 0.3 is 0 Å². The van der Waals surface area contributed by atoms with E-state index in [1.165, 1.54) is 22.1 Å². The van der Waals surface area contributed by atoms with Gasteiger partial charge in [0.2, 0.25) is 0 Å². The number of hydrogen-bond donors (Lipinski definition) is 0. The number of Topliss-reactive ketones (excluding diaryl/α,β-unsaturated/α-hetero) is 1. The van der Waals surface area contributed by atoms with E-state index >= 15 is 0 Å². The minimum atomic E-state index is 0.360. The van der Waals surface area contributed by atoms with Crippen molar-refractivity contribution < 1.29 is 4.79 Å². The Morgan fingerprint density at radius 1 is 1.31 bits per heavy atom. The van der Waals surface area contributed by atoms with Crippen LogP contribution in [0.1, 0.15) is 24.8 Å². The summed E-state index contributed by atoms with van der Waals surface area (Å²) in [6.07, 6.45) is 4.09. The van der Waals surface area contributed by atoms with Crippen LogP contribution in [0.2, 0.25) is 0 Å². The monoisotopic (exact) mass is 230 g/mol. The second-order valence-electron chi connectivity index (χ2n) is 4.53. The highest BCUT2D eigenvalue weighted by Gasteiger charge is 2.25. The fourth-order valence-electron chi connectivity index (χ4n) is 2.23. The molecule has 3 rings (SSSR count). The number of ketones is 1. The second kappa shape index (κ2) is 4.02. The molecule has 1 aromatic carbocycles. The van der Waals surface area contributed by atoms with E-state index in [4.69, 9.17) is 0 Å². The van der Waals surface area contributed by atoms with Crippen LogP contribution >= 0.6 is 11.3 Å². The quantitative estimate of drug-likeness (QED) is 0.783. The lowest BCUT2D eigenvalue weighted by Crippen LogP contribution is -2.23. The normalized spacial score (nSPS) is 16.2. The average Bonchev–Trinajstić information content (AvgIpc) is 2.59. The van der Waals surface area contributed by atoms with Gasteiger partial charge in [-0.2, -0.15) is 0 Å². The molecule has 1 heterocycles. The third-order valence-corrected chi connectivity index (χ3v) is 4.50. The fourth-order valence-corrected chi connectivity index (χ4v) is 3.19. The zero-order valence-corrected chi connectivity index (χ0v) is 9.93. The maximum atomic E-state index is 11.9. The van der Waals surface area contributed by atoms with Crippen molar-refractivity contribution in [3.05, 3.63) is 35.2 Å². The molecule has 16 heavy (non-hydrogen) atoms. The molecular formula is C14H14OS. The van der Waals surface area contributed by atoms with Crippen LogP contribution in [0.3, 0.4) is 0 Å². The Labute approximate surface area is 99.1 Å². The molecule has 0 aliphatic heterocycles. The standard InChI is InChI=1S/C14H14OS/c15-13(10-4-3-5-10)8-11-9-16-14-7-2-1-6-12(11)14/h1-2,6-7,9-10H,3-5,8H2. The summed E-state index contributed by atoms with van der Waals surface area (Å²) in [5, 5.41) is 3.40. The van der Waals surface area contributed by atoms with Crippen molar-refractivity contribution >= 4 is 27.2 Å². The summed E-state index contributed by atoms with van der Waals surface area (Å²) in [5.74, 6) is 0.800. The van der Waals surface area contributed by atoms with Gasteiger partial charge in [-0.25, -0.2) is 0 Å². The highest BCUT2D eigenvalue weighted by Crippen LogP contribution is 2.31. The Balaban J connectivity index is 1.86. The Morgan fingerprint density at radius 2 is 2.12 bits per heavy atom. The van der Waals surface area contributed by atoms with Gasteiger partial charge in [0, 0.05) is 17.0 Å². The maximum absolute atomic E-state index is 11.9. The molecule has 1 saturated carbocycles.